The first kappa shape index (κ1) is 11.5. The fraction of sp³-hybridized carbons (Fsp3) is 0.692. The van der Waals surface area contributed by atoms with Gasteiger partial charge in [-0.1, -0.05) is 13.8 Å². The number of aryl methyl sites for hydroxylation is 2. The molecule has 1 aliphatic carbocycles. The highest BCUT2D eigenvalue weighted by Gasteiger charge is 2.21. The van der Waals surface area contributed by atoms with Crippen LogP contribution in [0.4, 0.5) is 0 Å². The monoisotopic (exact) mass is 219 g/mol. The van der Waals surface area contributed by atoms with Crippen LogP contribution in [0.3, 0.4) is 0 Å². The van der Waals surface area contributed by atoms with Crippen molar-refractivity contribution in [2.24, 2.45) is 5.92 Å². The molecule has 0 bridgehead atoms. The summed E-state index contributed by atoms with van der Waals surface area (Å²) in [5.41, 5.74) is 2.57. The molecule has 1 N–H and O–H groups in total. The lowest BCUT2D eigenvalue weighted by molar-refractivity contribution is 0.421. The first-order valence-electron chi connectivity index (χ1n) is 6.22. The Balaban J connectivity index is 2.13. The zero-order valence-corrected chi connectivity index (χ0v) is 10.5. The lowest BCUT2D eigenvalue weighted by atomic mass is 9.92. The van der Waals surface area contributed by atoms with Crippen molar-refractivity contribution in [3.63, 3.8) is 0 Å². The number of aromatic nitrogens is 2. The number of hydrogen-bond acceptors (Lipinski definition) is 3. The summed E-state index contributed by atoms with van der Waals surface area (Å²) in [7, 11) is 0. The molecule has 0 saturated heterocycles. The normalized spacial score (nSPS) is 19.9. The summed E-state index contributed by atoms with van der Waals surface area (Å²) in [6, 6.07) is 0.465. The van der Waals surface area contributed by atoms with Gasteiger partial charge in [0.1, 0.15) is 5.82 Å². The molecule has 1 aromatic heterocycles. The van der Waals surface area contributed by atoms with Crippen molar-refractivity contribution in [2.45, 2.75) is 46.1 Å². The van der Waals surface area contributed by atoms with Crippen LogP contribution in [0.1, 0.15) is 49.8 Å². The lowest BCUT2D eigenvalue weighted by Gasteiger charge is -2.26. The second kappa shape index (κ2) is 4.91. The van der Waals surface area contributed by atoms with Crippen LogP contribution in [0, 0.1) is 12.8 Å². The summed E-state index contributed by atoms with van der Waals surface area (Å²) < 4.78 is 0. The van der Waals surface area contributed by atoms with E-state index in [1.165, 1.54) is 24.1 Å². The highest BCUT2D eigenvalue weighted by Crippen LogP contribution is 2.27. The van der Waals surface area contributed by atoms with Crippen molar-refractivity contribution in [3.8, 4) is 0 Å². The standard InChI is InChI=1S/C13H21N3/c1-9(2)7-15-12-5-4-6-13-11(12)8-14-10(3)16-13/h8-9,12,15H,4-7H2,1-3H3. The molecule has 1 aromatic rings. The van der Waals surface area contributed by atoms with Crippen LogP contribution in [0.5, 0.6) is 0 Å². The van der Waals surface area contributed by atoms with Crippen molar-refractivity contribution in [1.29, 1.82) is 0 Å². The van der Waals surface area contributed by atoms with Crippen molar-refractivity contribution in [3.05, 3.63) is 23.3 Å². The molecular formula is C13H21N3. The SMILES string of the molecule is Cc1ncc2c(n1)CCCC2NCC(C)C. The average Bonchev–Trinajstić information content (AvgIpc) is 2.25. The highest BCUT2D eigenvalue weighted by molar-refractivity contribution is 5.24. The molecule has 1 unspecified atom stereocenters. The van der Waals surface area contributed by atoms with Gasteiger partial charge in [-0.05, 0) is 38.6 Å². The number of rotatable bonds is 3. The molecule has 0 spiro atoms. The van der Waals surface area contributed by atoms with Gasteiger partial charge in [0.25, 0.3) is 0 Å². The molecule has 1 heterocycles. The molecule has 1 aliphatic rings. The highest BCUT2D eigenvalue weighted by atomic mass is 14.9. The zero-order chi connectivity index (χ0) is 11.5. The van der Waals surface area contributed by atoms with E-state index in [0.29, 0.717) is 12.0 Å². The van der Waals surface area contributed by atoms with E-state index >= 15 is 0 Å². The first-order chi connectivity index (χ1) is 7.66. The molecule has 16 heavy (non-hydrogen) atoms. The van der Waals surface area contributed by atoms with Gasteiger partial charge in [-0.15, -0.1) is 0 Å². The van der Waals surface area contributed by atoms with Crippen molar-refractivity contribution in [2.75, 3.05) is 6.54 Å². The van der Waals surface area contributed by atoms with Crippen molar-refractivity contribution in [1.82, 2.24) is 15.3 Å². The van der Waals surface area contributed by atoms with Crippen LogP contribution >= 0.6 is 0 Å². The summed E-state index contributed by atoms with van der Waals surface area (Å²) in [4.78, 5) is 8.86. The van der Waals surface area contributed by atoms with E-state index in [2.05, 4.69) is 29.1 Å². The molecule has 3 heteroatoms. The minimum atomic E-state index is 0.465. The molecule has 3 nitrogen and oxygen atoms in total. The number of fused-ring (bicyclic) bond motifs is 1. The molecule has 0 aromatic carbocycles. The largest absolute Gasteiger partial charge is 0.310 e. The minimum Gasteiger partial charge on any atom is -0.310 e. The molecule has 0 aliphatic heterocycles. The Morgan fingerprint density at radius 1 is 1.50 bits per heavy atom. The molecule has 0 saturated carbocycles. The van der Waals surface area contributed by atoms with Gasteiger partial charge in [0.2, 0.25) is 0 Å². The van der Waals surface area contributed by atoms with Crippen LogP contribution < -0.4 is 5.32 Å². The van der Waals surface area contributed by atoms with E-state index in [4.69, 9.17) is 0 Å². The molecule has 0 amide bonds. The Morgan fingerprint density at radius 3 is 3.06 bits per heavy atom. The maximum Gasteiger partial charge on any atom is 0.125 e. The smallest absolute Gasteiger partial charge is 0.125 e. The van der Waals surface area contributed by atoms with Crippen molar-refractivity contribution < 1.29 is 0 Å². The Kier molecular flexibility index (Phi) is 3.54. The van der Waals surface area contributed by atoms with Crippen LogP contribution in [-0.2, 0) is 6.42 Å². The minimum absolute atomic E-state index is 0.465. The van der Waals surface area contributed by atoms with Crippen molar-refractivity contribution >= 4 is 0 Å². The summed E-state index contributed by atoms with van der Waals surface area (Å²) >= 11 is 0. The molecular weight excluding hydrogens is 198 g/mol. The van der Waals surface area contributed by atoms with Crippen LogP contribution in [0.15, 0.2) is 6.20 Å². The quantitative estimate of drug-likeness (QED) is 0.848. The van der Waals surface area contributed by atoms with E-state index in [-0.39, 0.29) is 0 Å². The average molecular weight is 219 g/mol. The maximum atomic E-state index is 4.54. The predicted octanol–water partition coefficient (Wildman–Crippen LogP) is 2.41. The topological polar surface area (TPSA) is 37.8 Å². The summed E-state index contributed by atoms with van der Waals surface area (Å²) in [6.07, 6.45) is 5.57. The zero-order valence-electron chi connectivity index (χ0n) is 10.5. The molecule has 0 fully saturated rings. The van der Waals surface area contributed by atoms with Gasteiger partial charge >= 0.3 is 0 Å². The van der Waals surface area contributed by atoms with Crippen LogP contribution in [0.25, 0.3) is 0 Å². The molecule has 2 rings (SSSR count). The van der Waals surface area contributed by atoms with E-state index in [1.807, 2.05) is 13.1 Å². The van der Waals surface area contributed by atoms with Gasteiger partial charge < -0.3 is 5.32 Å². The van der Waals surface area contributed by atoms with Gasteiger partial charge in [-0.2, -0.15) is 0 Å². The molecule has 88 valence electrons. The first-order valence-corrected chi connectivity index (χ1v) is 6.22. The fourth-order valence-electron chi connectivity index (χ4n) is 2.24. The van der Waals surface area contributed by atoms with E-state index in [0.717, 1.165) is 18.8 Å². The number of hydrogen-bond donors (Lipinski definition) is 1. The second-order valence-electron chi connectivity index (χ2n) is 5.07. The van der Waals surface area contributed by atoms with Gasteiger partial charge in [0, 0.05) is 23.5 Å². The molecule has 1 atom stereocenters. The Hall–Kier alpha value is -0.960. The van der Waals surface area contributed by atoms with Crippen LogP contribution in [-0.4, -0.2) is 16.5 Å². The third-order valence-corrected chi connectivity index (χ3v) is 3.07. The maximum absolute atomic E-state index is 4.54. The Labute approximate surface area is 97.7 Å². The van der Waals surface area contributed by atoms with Gasteiger partial charge in [-0.3, -0.25) is 0 Å². The predicted molar refractivity (Wildman–Crippen MR) is 65.3 cm³/mol. The van der Waals surface area contributed by atoms with Gasteiger partial charge in [-0.25, -0.2) is 9.97 Å². The lowest BCUT2D eigenvalue weighted by Crippen LogP contribution is -2.29. The number of nitrogens with zero attached hydrogens (tertiary/aromatic N) is 2. The van der Waals surface area contributed by atoms with Gasteiger partial charge in [0.05, 0.1) is 0 Å². The summed E-state index contributed by atoms with van der Waals surface area (Å²) in [5, 5.41) is 3.62. The Morgan fingerprint density at radius 2 is 2.31 bits per heavy atom. The second-order valence-corrected chi connectivity index (χ2v) is 5.07. The summed E-state index contributed by atoms with van der Waals surface area (Å²) in [5.74, 6) is 1.58. The van der Waals surface area contributed by atoms with Crippen LogP contribution in [0.2, 0.25) is 0 Å². The summed E-state index contributed by atoms with van der Waals surface area (Å²) in [6.45, 7) is 7.51. The fourth-order valence-corrected chi connectivity index (χ4v) is 2.24. The van der Waals surface area contributed by atoms with E-state index < -0.39 is 0 Å². The third kappa shape index (κ3) is 2.59. The third-order valence-electron chi connectivity index (χ3n) is 3.07. The van der Waals surface area contributed by atoms with E-state index in [1.54, 1.807) is 0 Å². The van der Waals surface area contributed by atoms with Gasteiger partial charge in [0.15, 0.2) is 0 Å². The number of nitrogens with one attached hydrogen (secondary N) is 1. The Bertz CT molecular complexity index is 360. The van der Waals surface area contributed by atoms with E-state index in [9.17, 15) is 0 Å². The molecule has 0 radical (unpaired) electrons.